The van der Waals surface area contributed by atoms with Gasteiger partial charge in [-0.2, -0.15) is 0 Å². The summed E-state index contributed by atoms with van der Waals surface area (Å²) in [5, 5.41) is 0. The Morgan fingerprint density at radius 1 is 1.27 bits per heavy atom. The maximum absolute atomic E-state index is 10.5. The van der Waals surface area contributed by atoms with Crippen LogP contribution in [0.5, 0.6) is 0 Å². The van der Waals surface area contributed by atoms with Gasteiger partial charge in [0.2, 0.25) is 5.91 Å². The predicted octanol–water partition coefficient (Wildman–Crippen LogP) is 1.19. The molecular formula is C8H16N2O. The molecule has 0 aliphatic carbocycles. The molecule has 0 bridgehead atoms. The summed E-state index contributed by atoms with van der Waals surface area (Å²) in [6.07, 6.45) is 0. The highest BCUT2D eigenvalue weighted by Gasteiger charge is 2.14. The number of hydrogen-bond donors (Lipinski definition) is 2. The molecule has 0 fully saturated rings. The monoisotopic (exact) mass is 156 g/mol. The molecule has 0 atom stereocenters. The van der Waals surface area contributed by atoms with Crippen molar-refractivity contribution in [1.29, 1.82) is 0 Å². The molecule has 0 spiro atoms. The van der Waals surface area contributed by atoms with Crippen LogP contribution in [0, 0.1) is 5.41 Å². The molecule has 0 radical (unpaired) electrons. The van der Waals surface area contributed by atoms with E-state index in [0.29, 0.717) is 0 Å². The average Bonchev–Trinajstić information content (AvgIpc) is 1.80. The van der Waals surface area contributed by atoms with Crippen LogP contribution in [0.2, 0.25) is 0 Å². The van der Waals surface area contributed by atoms with Gasteiger partial charge in [0.15, 0.2) is 0 Å². The molecule has 64 valence electrons. The van der Waals surface area contributed by atoms with Crippen molar-refractivity contribution < 1.29 is 4.79 Å². The maximum Gasteiger partial charge on any atom is 0.235 e. The third kappa shape index (κ3) is 4.42. The van der Waals surface area contributed by atoms with E-state index in [-0.39, 0.29) is 11.3 Å². The van der Waals surface area contributed by atoms with Crippen LogP contribution < -0.4 is 10.9 Å². The smallest absolute Gasteiger partial charge is 0.235 e. The van der Waals surface area contributed by atoms with Crippen molar-refractivity contribution in [3.63, 3.8) is 0 Å². The molecule has 0 aliphatic rings. The van der Waals surface area contributed by atoms with Gasteiger partial charge in [0.25, 0.3) is 0 Å². The lowest BCUT2D eigenvalue weighted by molar-refractivity contribution is -0.119. The molecule has 0 aromatic heterocycles. The Hall–Kier alpha value is -0.990. The lowest BCUT2D eigenvalue weighted by Gasteiger charge is -2.22. The largest absolute Gasteiger partial charge is 0.303 e. The zero-order valence-corrected chi connectivity index (χ0v) is 7.62. The van der Waals surface area contributed by atoms with E-state index in [2.05, 4.69) is 17.4 Å². The molecular weight excluding hydrogens is 140 g/mol. The molecule has 1 amide bonds. The van der Waals surface area contributed by atoms with Crippen LogP contribution in [0.1, 0.15) is 27.7 Å². The van der Waals surface area contributed by atoms with E-state index in [1.807, 2.05) is 20.8 Å². The van der Waals surface area contributed by atoms with Gasteiger partial charge in [-0.05, 0) is 0 Å². The maximum atomic E-state index is 10.5. The Labute approximate surface area is 67.8 Å². The van der Waals surface area contributed by atoms with E-state index in [9.17, 15) is 4.79 Å². The zero-order valence-electron chi connectivity index (χ0n) is 7.62. The third-order valence-corrected chi connectivity index (χ3v) is 1.29. The summed E-state index contributed by atoms with van der Waals surface area (Å²) in [4.78, 5) is 10.5. The Balaban J connectivity index is 3.80. The molecule has 0 unspecified atom stereocenters. The minimum atomic E-state index is -0.115. The summed E-state index contributed by atoms with van der Waals surface area (Å²) in [5.74, 6) is -0.115. The molecule has 0 heterocycles. The summed E-state index contributed by atoms with van der Waals surface area (Å²) < 4.78 is 0. The Bertz CT molecular complexity index is 167. The fourth-order valence-corrected chi connectivity index (χ4v) is 0.351. The third-order valence-electron chi connectivity index (χ3n) is 1.29. The number of carbonyl (C=O) groups excluding carboxylic acids is 1. The van der Waals surface area contributed by atoms with Gasteiger partial charge < -0.3 is 5.43 Å². The minimum absolute atomic E-state index is 0.0253. The first kappa shape index (κ1) is 10.0. The first-order valence-corrected chi connectivity index (χ1v) is 3.56. The molecule has 0 aromatic rings. The molecule has 11 heavy (non-hydrogen) atoms. The number of rotatable bonds is 2. The second-order valence-electron chi connectivity index (χ2n) is 3.53. The summed E-state index contributed by atoms with van der Waals surface area (Å²) in [6.45, 7) is 11.3. The molecule has 0 saturated heterocycles. The number of nitrogens with one attached hydrogen (secondary N) is 2. The predicted molar refractivity (Wildman–Crippen MR) is 45.5 cm³/mol. The van der Waals surface area contributed by atoms with Crippen LogP contribution in [-0.2, 0) is 4.79 Å². The molecule has 3 heteroatoms. The van der Waals surface area contributed by atoms with E-state index in [1.54, 1.807) is 0 Å². The number of amides is 1. The van der Waals surface area contributed by atoms with Gasteiger partial charge in [0.1, 0.15) is 0 Å². The fraction of sp³-hybridized carbons (Fsp3) is 0.625. The first-order valence-electron chi connectivity index (χ1n) is 3.56. The van der Waals surface area contributed by atoms with Gasteiger partial charge in [-0.15, -0.1) is 0 Å². The van der Waals surface area contributed by atoms with Gasteiger partial charge in [-0.25, -0.2) is 0 Å². The van der Waals surface area contributed by atoms with Crippen molar-refractivity contribution in [2.45, 2.75) is 27.7 Å². The fourth-order valence-electron chi connectivity index (χ4n) is 0.351. The Morgan fingerprint density at radius 3 is 2.00 bits per heavy atom. The number of allylic oxidation sites excluding steroid dienone is 1. The quantitative estimate of drug-likeness (QED) is 0.589. The van der Waals surface area contributed by atoms with Crippen LogP contribution in [0.3, 0.4) is 0 Å². The topological polar surface area (TPSA) is 41.1 Å². The van der Waals surface area contributed by atoms with E-state index in [1.165, 1.54) is 6.92 Å². The van der Waals surface area contributed by atoms with Crippen LogP contribution in [-0.4, -0.2) is 5.91 Å². The van der Waals surface area contributed by atoms with Gasteiger partial charge >= 0.3 is 0 Å². The summed E-state index contributed by atoms with van der Waals surface area (Å²) in [6, 6.07) is 0. The number of carbonyl (C=O) groups is 1. The number of hydrogen-bond acceptors (Lipinski definition) is 2. The standard InChI is InChI=1S/C8H16N2O/c1-6(8(3,4)5)9-10-7(2)11/h9H,1H2,2-5H3,(H,10,11). The van der Waals surface area contributed by atoms with Crippen LogP contribution >= 0.6 is 0 Å². The molecule has 0 rings (SSSR count). The minimum Gasteiger partial charge on any atom is -0.303 e. The van der Waals surface area contributed by atoms with Crippen molar-refractivity contribution >= 4 is 5.91 Å². The summed E-state index contributed by atoms with van der Waals surface area (Å²) in [7, 11) is 0. The molecule has 0 aliphatic heterocycles. The number of hydrazine groups is 1. The second kappa shape index (κ2) is 3.42. The first-order chi connectivity index (χ1) is 4.84. The normalized spacial score (nSPS) is 10.5. The van der Waals surface area contributed by atoms with E-state index in [4.69, 9.17) is 0 Å². The SMILES string of the molecule is C=C(NNC(C)=O)C(C)(C)C. The lowest BCUT2D eigenvalue weighted by Crippen LogP contribution is -2.38. The van der Waals surface area contributed by atoms with Crippen LogP contribution in [0.4, 0.5) is 0 Å². The summed E-state index contributed by atoms with van der Waals surface area (Å²) >= 11 is 0. The Kier molecular flexibility index (Phi) is 3.11. The van der Waals surface area contributed by atoms with Gasteiger partial charge in [-0.1, -0.05) is 27.4 Å². The summed E-state index contributed by atoms with van der Waals surface area (Å²) in [5.41, 5.74) is 5.96. The van der Waals surface area contributed by atoms with Gasteiger partial charge in [0, 0.05) is 18.0 Å². The van der Waals surface area contributed by atoms with Crippen LogP contribution in [0.25, 0.3) is 0 Å². The van der Waals surface area contributed by atoms with E-state index >= 15 is 0 Å². The van der Waals surface area contributed by atoms with Crippen molar-refractivity contribution in [1.82, 2.24) is 10.9 Å². The van der Waals surface area contributed by atoms with Gasteiger partial charge in [0.05, 0.1) is 0 Å². The average molecular weight is 156 g/mol. The highest BCUT2D eigenvalue weighted by Crippen LogP contribution is 2.19. The lowest BCUT2D eigenvalue weighted by atomic mass is 9.93. The van der Waals surface area contributed by atoms with Gasteiger partial charge in [-0.3, -0.25) is 10.2 Å². The zero-order chi connectivity index (χ0) is 9.07. The van der Waals surface area contributed by atoms with Crippen molar-refractivity contribution in [2.75, 3.05) is 0 Å². The molecule has 3 nitrogen and oxygen atoms in total. The van der Waals surface area contributed by atoms with Crippen molar-refractivity contribution in [3.05, 3.63) is 12.3 Å². The van der Waals surface area contributed by atoms with E-state index in [0.717, 1.165) is 5.70 Å². The molecule has 0 saturated carbocycles. The molecule has 0 aromatic carbocycles. The van der Waals surface area contributed by atoms with E-state index < -0.39 is 0 Å². The van der Waals surface area contributed by atoms with Crippen molar-refractivity contribution in [2.24, 2.45) is 5.41 Å². The molecule has 2 N–H and O–H groups in total. The highest BCUT2D eigenvalue weighted by atomic mass is 16.2. The second-order valence-corrected chi connectivity index (χ2v) is 3.53. The van der Waals surface area contributed by atoms with Crippen molar-refractivity contribution in [3.8, 4) is 0 Å². The van der Waals surface area contributed by atoms with Crippen LogP contribution in [0.15, 0.2) is 12.3 Å². The Morgan fingerprint density at radius 2 is 1.73 bits per heavy atom. The highest BCUT2D eigenvalue weighted by molar-refractivity contribution is 5.72.